The molecule has 3 aromatic rings. The average molecular weight is 422 g/mol. The minimum Gasteiger partial charge on any atom is -0.480 e. The molecule has 0 aliphatic heterocycles. The van der Waals surface area contributed by atoms with Crippen molar-refractivity contribution in [3.8, 4) is 5.88 Å². The summed E-state index contributed by atoms with van der Waals surface area (Å²) in [6.07, 6.45) is 2.78. The molecule has 8 nitrogen and oxygen atoms in total. The minimum absolute atomic E-state index is 0.256. The van der Waals surface area contributed by atoms with Crippen molar-refractivity contribution in [3.05, 3.63) is 34.1 Å². The maximum absolute atomic E-state index is 12.6. The molecular weight excluding hydrogens is 402 g/mol. The van der Waals surface area contributed by atoms with Gasteiger partial charge in [0.15, 0.2) is 0 Å². The molecule has 2 N–H and O–H groups in total. The Bertz CT molecular complexity index is 1010. The van der Waals surface area contributed by atoms with Crippen molar-refractivity contribution in [1.29, 1.82) is 0 Å². The van der Waals surface area contributed by atoms with Crippen LogP contribution in [-0.4, -0.2) is 34.7 Å². The molecule has 0 bridgehead atoms. The van der Waals surface area contributed by atoms with Crippen molar-refractivity contribution in [2.24, 2.45) is 0 Å². The van der Waals surface area contributed by atoms with Gasteiger partial charge in [-0.05, 0) is 26.8 Å². The van der Waals surface area contributed by atoms with Crippen LogP contribution < -0.4 is 15.4 Å². The van der Waals surface area contributed by atoms with Crippen LogP contribution in [0.3, 0.4) is 0 Å². The van der Waals surface area contributed by atoms with Crippen LogP contribution in [0, 0.1) is 6.92 Å². The first-order chi connectivity index (χ1) is 13.4. The lowest BCUT2D eigenvalue weighted by atomic mass is 10.1. The van der Waals surface area contributed by atoms with Crippen molar-refractivity contribution in [2.75, 3.05) is 24.4 Å². The number of amides is 2. The largest absolute Gasteiger partial charge is 0.480 e. The fraction of sp³-hybridized carbons (Fsp3) is 0.333. The second-order valence-corrected chi connectivity index (χ2v) is 7.48. The highest BCUT2D eigenvalue weighted by molar-refractivity contribution is 7.18. The summed E-state index contributed by atoms with van der Waals surface area (Å²) in [4.78, 5) is 26.4. The van der Waals surface area contributed by atoms with Crippen molar-refractivity contribution in [3.63, 3.8) is 0 Å². The van der Waals surface area contributed by atoms with E-state index in [1.54, 1.807) is 12.3 Å². The number of nitrogens with one attached hydrogen (secondary N) is 2. The van der Waals surface area contributed by atoms with E-state index in [4.69, 9.17) is 21.1 Å². The number of aryl methyl sites for hydroxylation is 1. The van der Waals surface area contributed by atoms with Crippen LogP contribution in [0.25, 0.3) is 10.3 Å². The molecule has 0 saturated carbocycles. The molecular formula is C18H20ClN5O3S. The third-order valence-electron chi connectivity index (χ3n) is 3.90. The lowest BCUT2D eigenvalue weighted by Crippen LogP contribution is -2.21. The number of halogens is 1. The van der Waals surface area contributed by atoms with E-state index in [1.165, 1.54) is 24.6 Å². The summed E-state index contributed by atoms with van der Waals surface area (Å²) in [5.74, 6) is 0.256. The lowest BCUT2D eigenvalue weighted by molar-refractivity contribution is 0.0777. The second kappa shape index (κ2) is 8.68. The van der Waals surface area contributed by atoms with E-state index >= 15 is 0 Å². The second-order valence-electron chi connectivity index (χ2n) is 5.86. The molecule has 3 heterocycles. The minimum atomic E-state index is -0.486. The topological polar surface area (TPSA) is 98.3 Å². The maximum Gasteiger partial charge on any atom is 0.323 e. The van der Waals surface area contributed by atoms with Crippen LogP contribution in [0.5, 0.6) is 5.88 Å². The lowest BCUT2D eigenvalue weighted by Gasteiger charge is -2.18. The van der Waals surface area contributed by atoms with Gasteiger partial charge in [-0.15, -0.1) is 0 Å². The van der Waals surface area contributed by atoms with E-state index in [9.17, 15) is 4.79 Å². The molecule has 10 heteroatoms. The number of aromatic nitrogens is 3. The number of ether oxygens (including phenoxy) is 2. The predicted octanol–water partition coefficient (Wildman–Crippen LogP) is 4.80. The predicted molar refractivity (Wildman–Crippen MR) is 111 cm³/mol. The fourth-order valence-electron chi connectivity index (χ4n) is 2.80. The summed E-state index contributed by atoms with van der Waals surface area (Å²) >= 11 is 7.46. The molecule has 148 valence electrons. The number of thiazole rings is 1. The van der Waals surface area contributed by atoms with Crippen LogP contribution in [0.15, 0.2) is 18.5 Å². The fourth-order valence-corrected chi connectivity index (χ4v) is 3.73. The zero-order chi connectivity index (χ0) is 20.3. The van der Waals surface area contributed by atoms with Crippen molar-refractivity contribution in [1.82, 2.24) is 15.0 Å². The monoisotopic (exact) mass is 421 g/mol. The number of hydrogen-bond acceptors (Lipinski definition) is 7. The number of methoxy groups -OCH3 is 1. The van der Waals surface area contributed by atoms with Crippen molar-refractivity contribution >= 4 is 50.7 Å². The first-order valence-corrected chi connectivity index (χ1v) is 9.77. The number of nitrogens with zero attached hydrogens (tertiary/aromatic N) is 3. The number of hydrogen-bond donors (Lipinski definition) is 2. The van der Waals surface area contributed by atoms with Gasteiger partial charge in [0.2, 0.25) is 5.88 Å². The summed E-state index contributed by atoms with van der Waals surface area (Å²) in [5.41, 5.74) is 2.38. The van der Waals surface area contributed by atoms with E-state index in [-0.39, 0.29) is 12.0 Å². The zero-order valence-corrected chi connectivity index (χ0v) is 17.4. The normalized spacial score (nSPS) is 12.0. The number of pyridine rings is 2. The van der Waals surface area contributed by atoms with Gasteiger partial charge in [0.05, 0.1) is 35.1 Å². The first kappa shape index (κ1) is 20.2. The summed E-state index contributed by atoms with van der Waals surface area (Å²) in [5, 5.41) is 6.78. The van der Waals surface area contributed by atoms with Crippen LogP contribution in [0.2, 0.25) is 5.02 Å². The van der Waals surface area contributed by atoms with Crippen molar-refractivity contribution < 1.29 is 14.3 Å². The van der Waals surface area contributed by atoms with Gasteiger partial charge in [-0.2, -0.15) is 0 Å². The van der Waals surface area contributed by atoms with Gasteiger partial charge in [-0.1, -0.05) is 22.9 Å². The molecule has 3 aromatic heterocycles. The Morgan fingerprint density at radius 3 is 2.75 bits per heavy atom. The SMILES string of the molecule is CCOC(C)c1c(NC(=O)Nc2cc(Cl)cnc2OC)cnc2sc(C)nc12. The molecule has 2 amide bonds. The van der Waals surface area contributed by atoms with E-state index in [0.717, 1.165) is 20.9 Å². The summed E-state index contributed by atoms with van der Waals surface area (Å²) in [6.45, 7) is 6.28. The van der Waals surface area contributed by atoms with Gasteiger partial charge in [-0.25, -0.2) is 19.7 Å². The Labute approximate surface area is 171 Å². The third kappa shape index (κ3) is 4.32. The van der Waals surface area contributed by atoms with Crippen LogP contribution >= 0.6 is 22.9 Å². The summed E-state index contributed by atoms with van der Waals surface area (Å²) in [6, 6.07) is 1.07. The molecule has 0 saturated heterocycles. The number of urea groups is 1. The molecule has 1 unspecified atom stereocenters. The highest BCUT2D eigenvalue weighted by Gasteiger charge is 2.20. The van der Waals surface area contributed by atoms with Crippen LogP contribution in [0.1, 0.15) is 30.5 Å². The molecule has 1 atom stereocenters. The molecule has 0 aromatic carbocycles. The quantitative estimate of drug-likeness (QED) is 0.593. The molecule has 0 fully saturated rings. The van der Waals surface area contributed by atoms with Gasteiger partial charge < -0.3 is 20.1 Å². The Morgan fingerprint density at radius 1 is 1.29 bits per heavy atom. The zero-order valence-electron chi connectivity index (χ0n) is 15.9. The number of carbonyl (C=O) groups excluding carboxylic acids is 1. The van der Waals surface area contributed by atoms with E-state index in [2.05, 4.69) is 25.6 Å². The Balaban J connectivity index is 1.92. The van der Waals surface area contributed by atoms with Crippen molar-refractivity contribution in [2.45, 2.75) is 26.9 Å². The number of anilines is 2. The Kier molecular flexibility index (Phi) is 6.28. The van der Waals surface area contributed by atoms with Gasteiger partial charge in [0.1, 0.15) is 16.0 Å². The molecule has 28 heavy (non-hydrogen) atoms. The van der Waals surface area contributed by atoms with E-state index in [1.807, 2.05) is 20.8 Å². The molecule has 0 radical (unpaired) electrons. The highest BCUT2D eigenvalue weighted by Crippen LogP contribution is 2.34. The first-order valence-electron chi connectivity index (χ1n) is 8.58. The Morgan fingerprint density at radius 2 is 2.04 bits per heavy atom. The highest BCUT2D eigenvalue weighted by atomic mass is 35.5. The maximum atomic E-state index is 12.6. The standard InChI is InChI=1S/C18H20ClN5O3S/c1-5-27-9(2)14-13(8-21-17-15(14)22-10(3)28-17)24-18(25)23-12-6-11(19)7-20-16(12)26-4/h6-9H,5H2,1-4H3,(H2,23,24,25). The van der Waals surface area contributed by atoms with Gasteiger partial charge >= 0.3 is 6.03 Å². The van der Waals surface area contributed by atoms with Crippen LogP contribution in [-0.2, 0) is 4.74 Å². The number of rotatable bonds is 6. The molecule has 0 aliphatic rings. The smallest absolute Gasteiger partial charge is 0.323 e. The Hall–Kier alpha value is -2.49. The average Bonchev–Trinajstić information content (AvgIpc) is 3.02. The number of fused-ring (bicyclic) bond motifs is 1. The summed E-state index contributed by atoms with van der Waals surface area (Å²) in [7, 11) is 1.46. The van der Waals surface area contributed by atoms with Crippen LogP contribution in [0.4, 0.5) is 16.2 Å². The molecule has 3 rings (SSSR count). The van der Waals surface area contributed by atoms with Gasteiger partial charge in [-0.3, -0.25) is 0 Å². The van der Waals surface area contributed by atoms with E-state index < -0.39 is 6.03 Å². The third-order valence-corrected chi connectivity index (χ3v) is 4.99. The molecule has 0 aliphatic carbocycles. The summed E-state index contributed by atoms with van der Waals surface area (Å²) < 4.78 is 10.9. The van der Waals surface area contributed by atoms with E-state index in [0.29, 0.717) is 23.0 Å². The van der Waals surface area contributed by atoms with Gasteiger partial charge in [0, 0.05) is 18.4 Å². The van der Waals surface area contributed by atoms with Gasteiger partial charge in [0.25, 0.3) is 0 Å². The number of carbonyl (C=O) groups is 1. The molecule has 0 spiro atoms.